The molecule has 9 heteroatoms. The Morgan fingerprint density at radius 3 is 2.62 bits per heavy atom. The van der Waals surface area contributed by atoms with E-state index in [2.05, 4.69) is 10.6 Å². The zero-order valence-corrected chi connectivity index (χ0v) is 19.2. The number of imide groups is 1. The lowest BCUT2D eigenvalue weighted by molar-refractivity contribution is -0.136. The number of carbonyl (C=O) groups is 4. The molecule has 2 N–H and O–H groups in total. The monoisotopic (exact) mass is 467 g/mol. The van der Waals surface area contributed by atoms with Gasteiger partial charge in [0.25, 0.3) is 5.91 Å². The van der Waals surface area contributed by atoms with Crippen molar-refractivity contribution in [2.45, 2.75) is 58.3 Å². The van der Waals surface area contributed by atoms with Crippen LogP contribution in [0.1, 0.15) is 55.1 Å². The van der Waals surface area contributed by atoms with E-state index < -0.39 is 29.5 Å². The summed E-state index contributed by atoms with van der Waals surface area (Å²) in [6.07, 6.45) is -0.175. The molecule has 0 spiro atoms. The van der Waals surface area contributed by atoms with E-state index in [1.54, 1.807) is 45.0 Å². The average Bonchev–Trinajstić information content (AvgIpc) is 3.07. The molecule has 0 aromatic heterocycles. The molecule has 2 aromatic carbocycles. The fourth-order valence-electron chi connectivity index (χ4n) is 4.25. The van der Waals surface area contributed by atoms with Gasteiger partial charge in [0.05, 0.1) is 0 Å². The van der Waals surface area contributed by atoms with Crippen molar-refractivity contribution in [2.75, 3.05) is 0 Å². The first-order chi connectivity index (χ1) is 16.0. The van der Waals surface area contributed by atoms with Crippen LogP contribution in [-0.2, 0) is 27.4 Å². The van der Waals surface area contributed by atoms with Gasteiger partial charge in [0.1, 0.15) is 17.5 Å². The lowest BCUT2D eigenvalue weighted by atomic mass is 9.95. The Labute approximate surface area is 196 Å². The Morgan fingerprint density at radius 1 is 1.18 bits per heavy atom. The summed E-state index contributed by atoms with van der Waals surface area (Å²) in [6.45, 7) is 5.50. The van der Waals surface area contributed by atoms with Gasteiger partial charge in [0.15, 0.2) is 0 Å². The maximum Gasteiger partial charge on any atom is 0.407 e. The first-order valence-electron chi connectivity index (χ1n) is 11.0. The molecule has 2 aliphatic heterocycles. The van der Waals surface area contributed by atoms with Crippen molar-refractivity contribution in [1.29, 1.82) is 0 Å². The first kappa shape index (κ1) is 23.4. The Morgan fingerprint density at radius 2 is 1.91 bits per heavy atom. The molecule has 1 fully saturated rings. The third-order valence-corrected chi connectivity index (χ3v) is 5.69. The van der Waals surface area contributed by atoms with E-state index in [4.69, 9.17) is 4.74 Å². The maximum absolute atomic E-state index is 14.5. The second-order valence-electron chi connectivity index (χ2n) is 9.44. The van der Waals surface area contributed by atoms with Gasteiger partial charge in [-0.2, -0.15) is 0 Å². The molecule has 2 aromatic rings. The molecule has 34 heavy (non-hydrogen) atoms. The molecule has 0 saturated carbocycles. The highest BCUT2D eigenvalue weighted by atomic mass is 19.1. The predicted molar refractivity (Wildman–Crippen MR) is 121 cm³/mol. The summed E-state index contributed by atoms with van der Waals surface area (Å²) in [5.74, 6) is -1.62. The Kier molecular flexibility index (Phi) is 6.12. The second-order valence-corrected chi connectivity index (χ2v) is 9.44. The van der Waals surface area contributed by atoms with Crippen molar-refractivity contribution >= 4 is 23.8 Å². The van der Waals surface area contributed by atoms with Crippen molar-refractivity contribution in [1.82, 2.24) is 15.5 Å². The highest BCUT2D eigenvalue weighted by Gasteiger charge is 2.39. The lowest BCUT2D eigenvalue weighted by Crippen LogP contribution is -2.52. The summed E-state index contributed by atoms with van der Waals surface area (Å²) >= 11 is 0. The summed E-state index contributed by atoms with van der Waals surface area (Å²) in [5.41, 5.74) is 2.23. The van der Waals surface area contributed by atoms with E-state index in [0.29, 0.717) is 27.8 Å². The van der Waals surface area contributed by atoms with Gasteiger partial charge in [-0.25, -0.2) is 9.18 Å². The summed E-state index contributed by atoms with van der Waals surface area (Å²) in [7, 11) is 0. The van der Waals surface area contributed by atoms with Crippen LogP contribution in [0, 0.1) is 5.82 Å². The molecule has 0 bridgehead atoms. The van der Waals surface area contributed by atoms with E-state index in [1.807, 2.05) is 0 Å². The molecule has 1 atom stereocenters. The minimum atomic E-state index is -0.730. The van der Waals surface area contributed by atoms with E-state index in [-0.39, 0.29) is 37.7 Å². The number of fused-ring (bicyclic) bond motifs is 1. The zero-order chi connectivity index (χ0) is 24.6. The quantitative estimate of drug-likeness (QED) is 0.672. The Balaban J connectivity index is 1.58. The van der Waals surface area contributed by atoms with Gasteiger partial charge in [-0.3, -0.25) is 19.7 Å². The number of amides is 4. The van der Waals surface area contributed by atoms with Crippen LogP contribution in [0.3, 0.4) is 0 Å². The SMILES string of the molecule is CC(C)(C)OC(=O)NCc1cc(F)cc(-c2cccc3c2CN(C2CCC(=O)NC2=O)C3=O)c1. The number of nitrogens with zero attached hydrogens (tertiary/aromatic N) is 1. The molecule has 1 unspecified atom stereocenters. The van der Waals surface area contributed by atoms with Crippen LogP contribution in [-0.4, -0.2) is 40.4 Å². The molecule has 2 heterocycles. The number of hydrogen-bond acceptors (Lipinski definition) is 5. The van der Waals surface area contributed by atoms with Crippen molar-refractivity contribution in [3.8, 4) is 11.1 Å². The number of alkyl carbamates (subject to hydrolysis) is 1. The van der Waals surface area contributed by atoms with Crippen LogP contribution < -0.4 is 10.6 Å². The van der Waals surface area contributed by atoms with E-state index in [9.17, 15) is 23.6 Å². The highest BCUT2D eigenvalue weighted by Crippen LogP contribution is 2.35. The number of piperidine rings is 1. The Hall–Kier alpha value is -3.75. The number of carbonyl (C=O) groups excluding carboxylic acids is 4. The first-order valence-corrected chi connectivity index (χ1v) is 11.0. The van der Waals surface area contributed by atoms with Gasteiger partial charge >= 0.3 is 6.09 Å². The van der Waals surface area contributed by atoms with Crippen molar-refractivity contribution in [2.24, 2.45) is 0 Å². The van der Waals surface area contributed by atoms with Crippen LogP contribution in [0.4, 0.5) is 9.18 Å². The van der Waals surface area contributed by atoms with Crippen LogP contribution in [0.2, 0.25) is 0 Å². The minimum absolute atomic E-state index is 0.0655. The minimum Gasteiger partial charge on any atom is -0.444 e. The van der Waals surface area contributed by atoms with Gasteiger partial charge < -0.3 is 15.0 Å². The number of ether oxygens (including phenoxy) is 1. The summed E-state index contributed by atoms with van der Waals surface area (Å²) in [6, 6.07) is 8.89. The number of rotatable bonds is 4. The average molecular weight is 467 g/mol. The van der Waals surface area contributed by atoms with Crippen LogP contribution in [0.15, 0.2) is 36.4 Å². The zero-order valence-electron chi connectivity index (χ0n) is 19.2. The molecular formula is C25H26FN3O5. The Bertz CT molecular complexity index is 1190. The van der Waals surface area contributed by atoms with Crippen LogP contribution >= 0.6 is 0 Å². The number of hydrogen-bond donors (Lipinski definition) is 2. The topological polar surface area (TPSA) is 105 Å². The highest BCUT2D eigenvalue weighted by molar-refractivity contribution is 6.06. The second kappa shape index (κ2) is 8.89. The molecule has 2 aliphatic rings. The predicted octanol–water partition coefficient (Wildman–Crippen LogP) is 3.28. The summed E-state index contributed by atoms with van der Waals surface area (Å²) in [5, 5.41) is 4.90. The number of benzene rings is 2. The largest absolute Gasteiger partial charge is 0.444 e. The van der Waals surface area contributed by atoms with Crippen molar-refractivity contribution in [3.05, 3.63) is 58.9 Å². The lowest BCUT2D eigenvalue weighted by Gasteiger charge is -2.29. The number of nitrogens with one attached hydrogen (secondary N) is 2. The molecule has 4 amide bonds. The van der Waals surface area contributed by atoms with Crippen LogP contribution in [0.5, 0.6) is 0 Å². The van der Waals surface area contributed by atoms with Crippen LogP contribution in [0.25, 0.3) is 11.1 Å². The molecule has 4 rings (SSSR count). The molecular weight excluding hydrogens is 441 g/mol. The standard InChI is InChI=1S/C25H26FN3O5/c1-25(2,3)34-24(33)27-12-14-9-15(11-16(26)10-14)17-5-4-6-18-19(17)13-29(23(18)32)20-7-8-21(30)28-22(20)31/h4-6,9-11,20H,7-8,12-13H2,1-3H3,(H,27,33)(H,28,30,31). The van der Waals surface area contributed by atoms with Gasteiger partial charge in [-0.15, -0.1) is 0 Å². The van der Waals surface area contributed by atoms with Gasteiger partial charge in [-0.1, -0.05) is 12.1 Å². The molecule has 1 saturated heterocycles. The van der Waals surface area contributed by atoms with Crippen molar-refractivity contribution < 1.29 is 28.3 Å². The number of halogens is 1. The maximum atomic E-state index is 14.5. The van der Waals surface area contributed by atoms with E-state index >= 15 is 0 Å². The third kappa shape index (κ3) is 4.93. The van der Waals surface area contributed by atoms with Gasteiger partial charge in [0, 0.05) is 25.1 Å². The smallest absolute Gasteiger partial charge is 0.407 e. The van der Waals surface area contributed by atoms with E-state index in [1.165, 1.54) is 17.0 Å². The fraction of sp³-hybridized carbons (Fsp3) is 0.360. The van der Waals surface area contributed by atoms with E-state index in [0.717, 1.165) is 0 Å². The van der Waals surface area contributed by atoms with Gasteiger partial charge in [-0.05, 0) is 73.7 Å². The third-order valence-electron chi connectivity index (χ3n) is 5.69. The van der Waals surface area contributed by atoms with Crippen molar-refractivity contribution in [3.63, 3.8) is 0 Å². The molecule has 0 aliphatic carbocycles. The summed E-state index contributed by atoms with van der Waals surface area (Å²) in [4.78, 5) is 50.3. The fourth-order valence-corrected chi connectivity index (χ4v) is 4.25. The normalized spacial score (nSPS) is 17.9. The molecule has 178 valence electrons. The molecule has 8 nitrogen and oxygen atoms in total. The van der Waals surface area contributed by atoms with Gasteiger partial charge in [0.2, 0.25) is 11.8 Å². The summed E-state index contributed by atoms with van der Waals surface area (Å²) < 4.78 is 19.7. The molecule has 0 radical (unpaired) electrons.